The molecular formula is C21H12Cl2F2N2O3. The number of hydrogen-bond donors (Lipinski definition) is 1. The van der Waals surface area contributed by atoms with Crippen LogP contribution >= 0.6 is 23.2 Å². The number of amides is 2. The van der Waals surface area contributed by atoms with Crippen molar-refractivity contribution in [1.29, 1.82) is 0 Å². The summed E-state index contributed by atoms with van der Waals surface area (Å²) in [5.74, 6) is -3.03. The first-order chi connectivity index (χ1) is 14.3. The molecule has 3 aromatic rings. The summed E-state index contributed by atoms with van der Waals surface area (Å²) >= 11 is 12.2. The van der Waals surface area contributed by atoms with E-state index in [9.17, 15) is 18.4 Å². The van der Waals surface area contributed by atoms with Crippen molar-refractivity contribution in [2.45, 2.75) is 6.54 Å². The quantitative estimate of drug-likeness (QED) is 0.540. The average molecular weight is 449 g/mol. The van der Waals surface area contributed by atoms with Gasteiger partial charge < -0.3 is 9.73 Å². The number of carbonyl (C=O) groups excluding carboxylic acids is 2. The van der Waals surface area contributed by atoms with Crippen molar-refractivity contribution in [2.24, 2.45) is 0 Å². The minimum absolute atomic E-state index is 0.0158. The topological polar surface area (TPSA) is 62.6 Å². The third-order valence-electron chi connectivity index (χ3n) is 4.45. The molecule has 5 nitrogen and oxygen atoms in total. The Hall–Kier alpha value is -3.16. The van der Waals surface area contributed by atoms with Crippen molar-refractivity contribution in [3.63, 3.8) is 0 Å². The van der Waals surface area contributed by atoms with Gasteiger partial charge in [0.25, 0.3) is 11.8 Å². The molecule has 0 spiro atoms. The van der Waals surface area contributed by atoms with Crippen LogP contribution in [-0.2, 0) is 16.1 Å². The van der Waals surface area contributed by atoms with Gasteiger partial charge in [-0.3, -0.25) is 14.5 Å². The molecule has 0 bridgehead atoms. The molecule has 2 heterocycles. The molecule has 1 aromatic heterocycles. The Labute approximate surface area is 179 Å². The summed E-state index contributed by atoms with van der Waals surface area (Å²) in [4.78, 5) is 27.2. The lowest BCUT2D eigenvalue weighted by Crippen LogP contribution is -2.31. The number of nitrogens with zero attached hydrogens (tertiary/aromatic N) is 1. The highest BCUT2D eigenvalue weighted by Crippen LogP contribution is 2.36. The van der Waals surface area contributed by atoms with E-state index in [1.807, 2.05) is 0 Å². The maximum absolute atomic E-state index is 13.6. The number of halogens is 4. The number of imide groups is 1. The van der Waals surface area contributed by atoms with Crippen LogP contribution in [0, 0.1) is 11.6 Å². The normalized spacial score (nSPS) is 14.1. The number of benzene rings is 2. The minimum Gasteiger partial charge on any atom is -0.467 e. The molecule has 0 saturated carbocycles. The van der Waals surface area contributed by atoms with E-state index < -0.39 is 23.4 Å². The number of hydrogen-bond acceptors (Lipinski definition) is 4. The van der Waals surface area contributed by atoms with E-state index in [0.29, 0.717) is 10.8 Å². The number of rotatable bonds is 5. The van der Waals surface area contributed by atoms with Crippen LogP contribution < -0.4 is 5.32 Å². The summed E-state index contributed by atoms with van der Waals surface area (Å²) in [7, 11) is 0. The molecule has 1 aliphatic rings. The molecule has 2 amide bonds. The fraction of sp³-hybridized carbons (Fsp3) is 0.0476. The van der Waals surface area contributed by atoms with Gasteiger partial charge in [0.1, 0.15) is 11.5 Å². The van der Waals surface area contributed by atoms with Crippen LogP contribution in [0.2, 0.25) is 10.0 Å². The van der Waals surface area contributed by atoms with Crippen LogP contribution in [0.1, 0.15) is 11.3 Å². The predicted molar refractivity (Wildman–Crippen MR) is 108 cm³/mol. The van der Waals surface area contributed by atoms with Crippen LogP contribution in [0.4, 0.5) is 14.5 Å². The second kappa shape index (κ2) is 7.93. The Morgan fingerprint density at radius 2 is 1.77 bits per heavy atom. The summed E-state index contributed by atoms with van der Waals surface area (Å²) in [5, 5.41) is 3.23. The average Bonchev–Trinajstić information content (AvgIpc) is 3.29. The lowest BCUT2D eigenvalue weighted by molar-refractivity contribution is -0.137. The van der Waals surface area contributed by atoms with E-state index in [4.69, 9.17) is 27.6 Å². The summed E-state index contributed by atoms with van der Waals surface area (Å²) < 4.78 is 32.2. The highest BCUT2D eigenvalue weighted by atomic mass is 35.5. The summed E-state index contributed by atoms with van der Waals surface area (Å²) in [5.41, 5.74) is 0.221. The second-order valence-electron chi connectivity index (χ2n) is 6.40. The van der Waals surface area contributed by atoms with Crippen LogP contribution in [0.15, 0.2) is 64.9 Å². The van der Waals surface area contributed by atoms with E-state index in [1.165, 1.54) is 30.5 Å². The molecule has 0 atom stereocenters. The van der Waals surface area contributed by atoms with Gasteiger partial charge in [-0.15, -0.1) is 0 Å². The molecule has 0 fully saturated rings. The van der Waals surface area contributed by atoms with Crippen molar-refractivity contribution in [1.82, 2.24) is 4.90 Å². The first-order valence-corrected chi connectivity index (χ1v) is 9.41. The van der Waals surface area contributed by atoms with Gasteiger partial charge in [0.05, 0.1) is 23.4 Å². The van der Waals surface area contributed by atoms with Crippen LogP contribution in [0.3, 0.4) is 0 Å². The van der Waals surface area contributed by atoms with Gasteiger partial charge in [0, 0.05) is 22.3 Å². The van der Waals surface area contributed by atoms with Gasteiger partial charge in [0.15, 0.2) is 11.6 Å². The molecule has 1 aliphatic heterocycles. The van der Waals surface area contributed by atoms with Crippen LogP contribution in [0.25, 0.3) is 5.57 Å². The maximum Gasteiger partial charge on any atom is 0.278 e. The van der Waals surface area contributed by atoms with E-state index in [2.05, 4.69) is 5.32 Å². The zero-order valence-corrected chi connectivity index (χ0v) is 16.6. The Balaban J connectivity index is 1.80. The zero-order chi connectivity index (χ0) is 21.4. The zero-order valence-electron chi connectivity index (χ0n) is 15.1. The van der Waals surface area contributed by atoms with E-state index >= 15 is 0 Å². The summed E-state index contributed by atoms with van der Waals surface area (Å²) in [6.07, 6.45) is 1.42. The first-order valence-electron chi connectivity index (χ1n) is 8.65. The Kier molecular flexibility index (Phi) is 5.32. The monoisotopic (exact) mass is 448 g/mol. The molecule has 0 radical (unpaired) electrons. The first kappa shape index (κ1) is 20.1. The van der Waals surface area contributed by atoms with Gasteiger partial charge in [-0.05, 0) is 36.4 Å². The van der Waals surface area contributed by atoms with Gasteiger partial charge in [-0.25, -0.2) is 8.78 Å². The number of anilines is 1. The molecule has 4 rings (SSSR count). The fourth-order valence-electron chi connectivity index (χ4n) is 3.05. The summed E-state index contributed by atoms with van der Waals surface area (Å²) in [6, 6.07) is 10.8. The van der Waals surface area contributed by atoms with Gasteiger partial charge in [-0.1, -0.05) is 29.3 Å². The standard InChI is InChI=1S/C21H12Cl2F2N2O3/c22-11-3-5-14(15(23)8-11)18-19(26-12-4-6-16(24)17(25)9-12)21(29)27(20(18)28)10-13-2-1-7-30-13/h1-9,26H,10H2. The lowest BCUT2D eigenvalue weighted by Gasteiger charge is -2.13. The van der Waals surface area contributed by atoms with Crippen LogP contribution in [0.5, 0.6) is 0 Å². The third-order valence-corrected chi connectivity index (χ3v) is 5.00. The molecule has 152 valence electrons. The molecule has 0 aliphatic carbocycles. The Morgan fingerprint density at radius 1 is 0.967 bits per heavy atom. The molecule has 0 unspecified atom stereocenters. The van der Waals surface area contributed by atoms with E-state index in [1.54, 1.807) is 12.1 Å². The third kappa shape index (κ3) is 3.69. The Bertz CT molecular complexity index is 1190. The molecule has 1 N–H and O–H groups in total. The maximum atomic E-state index is 13.6. The predicted octanol–water partition coefficient (Wildman–Crippen LogP) is 5.26. The number of furan rings is 1. The lowest BCUT2D eigenvalue weighted by atomic mass is 10.0. The fourth-order valence-corrected chi connectivity index (χ4v) is 3.56. The Morgan fingerprint density at radius 3 is 2.43 bits per heavy atom. The molecule has 0 saturated heterocycles. The van der Waals surface area contributed by atoms with Crippen molar-refractivity contribution >= 4 is 46.3 Å². The SMILES string of the molecule is O=C1C(Nc2ccc(F)c(F)c2)=C(c2ccc(Cl)cc2Cl)C(=O)N1Cc1ccco1. The largest absolute Gasteiger partial charge is 0.467 e. The van der Waals surface area contributed by atoms with Crippen molar-refractivity contribution in [3.8, 4) is 0 Å². The van der Waals surface area contributed by atoms with E-state index in [-0.39, 0.29) is 34.1 Å². The highest BCUT2D eigenvalue weighted by molar-refractivity contribution is 6.41. The number of nitrogens with one attached hydrogen (secondary N) is 1. The minimum atomic E-state index is -1.10. The molecule has 9 heteroatoms. The van der Waals surface area contributed by atoms with E-state index in [0.717, 1.165) is 17.0 Å². The highest BCUT2D eigenvalue weighted by Gasteiger charge is 2.40. The van der Waals surface area contributed by atoms with Gasteiger partial charge in [0.2, 0.25) is 0 Å². The van der Waals surface area contributed by atoms with Crippen LogP contribution in [-0.4, -0.2) is 16.7 Å². The van der Waals surface area contributed by atoms with Crippen molar-refractivity contribution < 1.29 is 22.8 Å². The second-order valence-corrected chi connectivity index (χ2v) is 7.25. The van der Waals surface area contributed by atoms with Gasteiger partial charge in [-0.2, -0.15) is 0 Å². The smallest absolute Gasteiger partial charge is 0.278 e. The van der Waals surface area contributed by atoms with Crippen molar-refractivity contribution in [2.75, 3.05) is 5.32 Å². The number of carbonyl (C=O) groups is 2. The summed E-state index contributed by atoms with van der Waals surface area (Å²) in [6.45, 7) is -0.109. The molecule has 2 aromatic carbocycles. The van der Waals surface area contributed by atoms with Gasteiger partial charge >= 0.3 is 0 Å². The molecule has 30 heavy (non-hydrogen) atoms. The van der Waals surface area contributed by atoms with Crippen molar-refractivity contribution in [3.05, 3.63) is 93.5 Å². The molecular weight excluding hydrogens is 437 g/mol.